The zero-order valence-electron chi connectivity index (χ0n) is 39.9. The van der Waals surface area contributed by atoms with Crippen molar-refractivity contribution in [2.45, 2.75) is 75.7 Å². The van der Waals surface area contributed by atoms with Crippen LogP contribution in [0.25, 0.3) is 10.8 Å². The second-order valence-corrected chi connectivity index (χ2v) is 17.1. The lowest BCUT2D eigenvalue weighted by Crippen LogP contribution is -2.64. The van der Waals surface area contributed by atoms with E-state index in [2.05, 4.69) is 21.3 Å². The number of hydrazine groups is 1. The number of methoxy groups -OCH3 is 1. The first-order valence-corrected chi connectivity index (χ1v) is 23.3. The largest absolute Gasteiger partial charge is 0.481 e. The summed E-state index contributed by atoms with van der Waals surface area (Å²) in [5, 5.41) is 22.6. The summed E-state index contributed by atoms with van der Waals surface area (Å²) in [5.74, 6) is -7.18. The van der Waals surface area contributed by atoms with E-state index in [4.69, 9.17) is 9.84 Å². The molecule has 4 aromatic rings. The maximum atomic E-state index is 13.9. The highest BCUT2D eigenvalue weighted by Gasteiger charge is 2.45. The fraction of sp³-hybridized carbons (Fsp3) is 0.333. The van der Waals surface area contributed by atoms with Crippen LogP contribution in [0.15, 0.2) is 97.1 Å². The molecule has 0 unspecified atom stereocenters. The Kier molecular flexibility index (Phi) is 18.3. The summed E-state index contributed by atoms with van der Waals surface area (Å²) >= 11 is 0. The molecule has 2 saturated heterocycles. The van der Waals surface area contributed by atoms with E-state index < -0.39 is 102 Å². The molecule has 2 fully saturated rings. The van der Waals surface area contributed by atoms with Gasteiger partial charge in [-0.05, 0) is 54.7 Å². The average molecular weight is 1000 g/mol. The van der Waals surface area contributed by atoms with E-state index in [1.807, 2.05) is 30.3 Å². The van der Waals surface area contributed by atoms with Crippen molar-refractivity contribution in [2.24, 2.45) is 0 Å². The third-order valence-electron chi connectivity index (χ3n) is 12.2. The van der Waals surface area contributed by atoms with Crippen molar-refractivity contribution in [2.75, 3.05) is 43.2 Å². The molecule has 0 spiro atoms. The number of anilines is 2. The Morgan fingerprint density at radius 2 is 1.44 bits per heavy atom. The first-order valence-electron chi connectivity index (χ1n) is 23.3. The van der Waals surface area contributed by atoms with Gasteiger partial charge in [0.25, 0.3) is 29.5 Å². The molecule has 3 aliphatic heterocycles. The zero-order chi connectivity index (χ0) is 52.8. The van der Waals surface area contributed by atoms with E-state index in [1.165, 1.54) is 29.0 Å². The number of carboxylic acid groups (broad SMARTS) is 1. The second-order valence-electron chi connectivity index (χ2n) is 17.1. The van der Waals surface area contributed by atoms with Crippen LogP contribution in [0.2, 0.25) is 0 Å². The second kappa shape index (κ2) is 24.9. The van der Waals surface area contributed by atoms with Crippen LogP contribution in [0.5, 0.6) is 0 Å². The molecule has 8 amide bonds. The van der Waals surface area contributed by atoms with Crippen LogP contribution in [0.1, 0.15) is 66.2 Å². The number of carbonyl (C=O) groups is 12. The molecule has 3 heterocycles. The summed E-state index contributed by atoms with van der Waals surface area (Å²) in [6.07, 6.45) is 1.04. The summed E-state index contributed by atoms with van der Waals surface area (Å²) in [5.41, 5.74) is 1.22. The van der Waals surface area contributed by atoms with Crippen LogP contribution in [-0.2, 0) is 52.7 Å². The summed E-state index contributed by atoms with van der Waals surface area (Å²) in [6, 6.07) is 21.5. The first-order chi connectivity index (χ1) is 35.1. The summed E-state index contributed by atoms with van der Waals surface area (Å²) < 4.78 is 5.06. The molecule has 7 rings (SSSR count). The monoisotopic (exact) mass is 1000 g/mol. The number of para-hydroxylation sites is 2. The predicted octanol–water partition coefficient (Wildman–Crippen LogP) is 1.10. The molecule has 0 radical (unpaired) electrons. The highest BCUT2D eigenvalue weighted by Crippen LogP contribution is 2.33. The van der Waals surface area contributed by atoms with Crippen LogP contribution in [-0.4, -0.2) is 150 Å². The molecule has 5 atom stereocenters. The SMILES string of the molecule is CC[C@@H](C=O)NC(=O)CN1C(=O)[C@@H](NC(=O)c2cccc3ccccc23)CN(C(=O)COC)c2ccccc21.O=C[C@H](CC(=O)O)NC(=O)[C@@H]1CCCN2C(=O)CC[C@H](NC(=O)C(=O)c3ccccc3)C(=O)N12. The number of nitrogens with one attached hydrogen (secondary N) is 4. The fourth-order valence-corrected chi connectivity index (χ4v) is 8.53. The van der Waals surface area contributed by atoms with E-state index in [1.54, 1.807) is 61.5 Å². The number of carboxylic acids is 1. The van der Waals surface area contributed by atoms with Crippen LogP contribution >= 0.6 is 0 Å². The minimum Gasteiger partial charge on any atom is -0.481 e. The zero-order valence-corrected chi connectivity index (χ0v) is 39.9. The molecule has 0 saturated carbocycles. The van der Waals surface area contributed by atoms with Gasteiger partial charge in [-0.25, -0.2) is 5.01 Å². The van der Waals surface area contributed by atoms with E-state index in [0.717, 1.165) is 15.4 Å². The van der Waals surface area contributed by atoms with Crippen LogP contribution < -0.4 is 31.1 Å². The molecule has 5 N–H and O–H groups in total. The Labute approximate surface area is 418 Å². The number of nitrogens with zero attached hydrogens (tertiary/aromatic N) is 4. The maximum Gasteiger partial charge on any atom is 0.305 e. The van der Waals surface area contributed by atoms with Gasteiger partial charge >= 0.3 is 5.97 Å². The molecular weight excluding hydrogens is 949 g/mol. The molecular formula is C51H54N8O14. The van der Waals surface area contributed by atoms with Crippen molar-refractivity contribution < 1.29 is 67.4 Å². The van der Waals surface area contributed by atoms with Gasteiger partial charge in [0.05, 0.1) is 36.4 Å². The van der Waals surface area contributed by atoms with Gasteiger partial charge in [-0.2, -0.15) is 0 Å². The number of hydrogen-bond donors (Lipinski definition) is 5. The van der Waals surface area contributed by atoms with Crippen molar-refractivity contribution >= 4 is 93.7 Å². The number of benzene rings is 4. The lowest BCUT2D eigenvalue weighted by Gasteiger charge is -2.43. The molecule has 22 heteroatoms. The molecule has 0 bridgehead atoms. The number of carbonyl (C=O) groups excluding carboxylic acids is 11. The topological polar surface area (TPSA) is 295 Å². The number of ketones is 1. The van der Waals surface area contributed by atoms with Gasteiger partial charge in [0, 0.05) is 31.2 Å². The van der Waals surface area contributed by atoms with Gasteiger partial charge in [-0.3, -0.25) is 57.9 Å². The van der Waals surface area contributed by atoms with Crippen molar-refractivity contribution in [3.63, 3.8) is 0 Å². The smallest absolute Gasteiger partial charge is 0.305 e. The average Bonchev–Trinajstić information content (AvgIpc) is 3.59. The van der Waals surface area contributed by atoms with Crippen molar-refractivity contribution in [3.8, 4) is 0 Å². The first kappa shape index (κ1) is 53.7. The molecule has 73 heavy (non-hydrogen) atoms. The number of aliphatic carboxylic acids is 1. The Morgan fingerprint density at radius 3 is 2.12 bits per heavy atom. The summed E-state index contributed by atoms with van der Waals surface area (Å²) in [6.45, 7) is 1.10. The van der Waals surface area contributed by atoms with E-state index in [9.17, 15) is 57.5 Å². The highest BCUT2D eigenvalue weighted by molar-refractivity contribution is 6.43. The Hall–Kier alpha value is -8.66. The molecule has 0 aromatic heterocycles. The van der Waals surface area contributed by atoms with Crippen LogP contribution in [0.3, 0.4) is 0 Å². The fourth-order valence-electron chi connectivity index (χ4n) is 8.53. The van der Waals surface area contributed by atoms with Gasteiger partial charge in [0.2, 0.25) is 23.5 Å². The van der Waals surface area contributed by atoms with E-state index >= 15 is 0 Å². The number of rotatable bonds is 17. The molecule has 22 nitrogen and oxygen atoms in total. The molecule has 382 valence electrons. The molecule has 4 aromatic carbocycles. The highest BCUT2D eigenvalue weighted by atomic mass is 16.5. The minimum atomic E-state index is -1.31. The number of aldehydes is 2. The number of ether oxygens (including phenoxy) is 1. The minimum absolute atomic E-state index is 0.0667. The number of hydrogen-bond acceptors (Lipinski definition) is 13. The summed E-state index contributed by atoms with van der Waals surface area (Å²) in [7, 11) is 1.39. The van der Waals surface area contributed by atoms with Gasteiger partial charge in [0.1, 0.15) is 43.8 Å². The lowest BCUT2D eigenvalue weighted by molar-refractivity contribution is -0.176. The normalized spacial score (nSPS) is 18.2. The maximum absolute atomic E-state index is 13.9. The van der Waals surface area contributed by atoms with Gasteiger partial charge in [-0.1, -0.05) is 85.8 Å². The van der Waals surface area contributed by atoms with Crippen LogP contribution in [0, 0.1) is 0 Å². The van der Waals surface area contributed by atoms with Gasteiger partial charge < -0.3 is 45.6 Å². The molecule has 0 aliphatic carbocycles. The number of fused-ring (bicyclic) bond motifs is 3. The standard InChI is InChI=1S/C29H30N4O6.C22H24N4O8/c1-3-20(17-34)30-26(35)16-33-25-14-7-6-13-24(25)32(27(36)18-39-2)15-23(29(33)38)31-28(37)22-12-8-10-19-9-4-5-11-21(19)22;27-12-14(11-18(29)30)23-20(32)16-7-4-10-25-17(28)9-8-15(22(34)26(16)25)24-21(33)19(31)13-5-2-1-3-6-13/h4-14,17,20,23H,3,15-16,18H2,1-2H3,(H,30,35)(H,31,37);1-3,5-6,12,14-16H,4,7-11H2,(H,23,32)(H,24,33)(H,29,30)/t20-,23-;14-,15-,16-/m00/s1. The Bertz CT molecular complexity index is 2780. The van der Waals surface area contributed by atoms with Crippen LogP contribution in [0.4, 0.5) is 11.4 Å². The molecule has 3 aliphatic rings. The van der Waals surface area contributed by atoms with Crippen molar-refractivity contribution in [3.05, 3.63) is 108 Å². The predicted molar refractivity (Wildman–Crippen MR) is 260 cm³/mol. The third-order valence-corrected chi connectivity index (χ3v) is 12.2. The summed E-state index contributed by atoms with van der Waals surface area (Å²) in [4.78, 5) is 153. The van der Waals surface area contributed by atoms with Crippen molar-refractivity contribution in [1.82, 2.24) is 31.3 Å². The number of amides is 8. The van der Waals surface area contributed by atoms with Gasteiger partial charge in [-0.15, -0.1) is 0 Å². The quantitative estimate of drug-likeness (QED) is 0.0563. The van der Waals surface area contributed by atoms with E-state index in [0.29, 0.717) is 41.5 Å². The van der Waals surface area contributed by atoms with Gasteiger partial charge in [0.15, 0.2) is 0 Å². The van der Waals surface area contributed by atoms with Crippen molar-refractivity contribution in [1.29, 1.82) is 0 Å². The lowest BCUT2D eigenvalue weighted by atomic mass is 10.0. The van der Waals surface area contributed by atoms with E-state index in [-0.39, 0.29) is 50.8 Å². The third kappa shape index (κ3) is 13.0. The Morgan fingerprint density at radius 1 is 0.767 bits per heavy atom. The number of Topliss-reactive ketones (excluding diaryl/α,β-unsaturated/α-hetero) is 1. The Balaban J connectivity index is 0.000000241.